The van der Waals surface area contributed by atoms with Gasteiger partial charge >= 0.3 is 0 Å². The predicted molar refractivity (Wildman–Crippen MR) is 78.3 cm³/mol. The summed E-state index contributed by atoms with van der Waals surface area (Å²) in [5.41, 5.74) is 0.772. The molecular formula is C14H16Cl2N2O2. The fourth-order valence-electron chi connectivity index (χ4n) is 2.07. The van der Waals surface area contributed by atoms with Crippen LogP contribution in [-0.2, 0) is 6.42 Å². The van der Waals surface area contributed by atoms with E-state index in [0.717, 1.165) is 12.0 Å². The molecule has 0 radical (unpaired) electrons. The summed E-state index contributed by atoms with van der Waals surface area (Å²) in [7, 11) is 0. The van der Waals surface area contributed by atoms with Gasteiger partial charge in [0, 0.05) is 16.5 Å². The van der Waals surface area contributed by atoms with Crippen LogP contribution in [0.5, 0.6) is 0 Å². The lowest BCUT2D eigenvalue weighted by Crippen LogP contribution is -2.14. The lowest BCUT2D eigenvalue weighted by molar-refractivity contribution is 0.141. The van der Waals surface area contributed by atoms with Gasteiger partial charge in [-0.3, -0.25) is 0 Å². The lowest BCUT2D eigenvalue weighted by Gasteiger charge is -2.12. The molecule has 0 saturated carbocycles. The summed E-state index contributed by atoms with van der Waals surface area (Å²) in [5, 5.41) is 14.8. The van der Waals surface area contributed by atoms with Gasteiger partial charge in [-0.2, -0.15) is 4.98 Å². The van der Waals surface area contributed by atoms with Crippen LogP contribution in [0, 0.1) is 0 Å². The highest BCUT2D eigenvalue weighted by Crippen LogP contribution is 2.27. The van der Waals surface area contributed by atoms with E-state index < -0.39 is 6.10 Å². The number of rotatable bonds is 5. The highest BCUT2D eigenvalue weighted by Gasteiger charge is 2.22. The molecule has 0 fully saturated rings. The second-order valence-electron chi connectivity index (χ2n) is 4.68. The third-order valence-electron chi connectivity index (χ3n) is 3.22. The number of aromatic nitrogens is 2. The summed E-state index contributed by atoms with van der Waals surface area (Å²) in [6, 6.07) is 5.33. The van der Waals surface area contributed by atoms with E-state index in [4.69, 9.17) is 27.7 Å². The standard InChI is InChI=1S/C14H16Cl2N2O2/c1-3-9(8(2)19)14-17-13(18-20-14)7-10-11(15)5-4-6-12(10)16/h4-6,8-9,19H,3,7H2,1-2H3. The highest BCUT2D eigenvalue weighted by molar-refractivity contribution is 6.36. The van der Waals surface area contributed by atoms with Crippen molar-refractivity contribution in [2.45, 2.75) is 38.7 Å². The average molecular weight is 315 g/mol. The molecule has 1 heterocycles. The summed E-state index contributed by atoms with van der Waals surface area (Å²) < 4.78 is 5.22. The van der Waals surface area contributed by atoms with Crippen molar-refractivity contribution >= 4 is 23.2 Å². The Bertz CT molecular complexity index is 564. The molecule has 0 spiro atoms. The van der Waals surface area contributed by atoms with Crippen LogP contribution in [0.2, 0.25) is 10.0 Å². The van der Waals surface area contributed by atoms with Gasteiger partial charge in [0.1, 0.15) is 0 Å². The Morgan fingerprint density at radius 1 is 1.30 bits per heavy atom. The van der Waals surface area contributed by atoms with Crippen molar-refractivity contribution in [3.05, 3.63) is 45.5 Å². The van der Waals surface area contributed by atoms with Crippen LogP contribution in [0.1, 0.15) is 43.5 Å². The molecule has 0 aliphatic carbocycles. The van der Waals surface area contributed by atoms with Crippen molar-refractivity contribution in [1.82, 2.24) is 10.1 Å². The second kappa shape index (κ2) is 6.57. The van der Waals surface area contributed by atoms with Crippen LogP contribution in [0.3, 0.4) is 0 Å². The van der Waals surface area contributed by atoms with E-state index in [9.17, 15) is 5.11 Å². The summed E-state index contributed by atoms with van der Waals surface area (Å²) in [5.74, 6) is 0.799. The smallest absolute Gasteiger partial charge is 0.232 e. The summed E-state index contributed by atoms with van der Waals surface area (Å²) in [6.07, 6.45) is 0.599. The Hall–Kier alpha value is -1.10. The maximum Gasteiger partial charge on any atom is 0.232 e. The van der Waals surface area contributed by atoms with E-state index in [-0.39, 0.29) is 5.92 Å². The molecule has 0 amide bonds. The molecule has 1 N–H and O–H groups in total. The minimum absolute atomic E-state index is 0.155. The highest BCUT2D eigenvalue weighted by atomic mass is 35.5. The Morgan fingerprint density at radius 2 is 1.95 bits per heavy atom. The van der Waals surface area contributed by atoms with Crippen LogP contribution < -0.4 is 0 Å². The van der Waals surface area contributed by atoms with Crippen LogP contribution in [-0.4, -0.2) is 21.4 Å². The van der Waals surface area contributed by atoms with Crippen molar-refractivity contribution in [3.8, 4) is 0 Å². The first-order valence-electron chi connectivity index (χ1n) is 6.46. The molecule has 0 aliphatic heterocycles. The lowest BCUT2D eigenvalue weighted by atomic mass is 10.0. The topological polar surface area (TPSA) is 59.2 Å². The van der Waals surface area contributed by atoms with Gasteiger partial charge in [-0.05, 0) is 31.0 Å². The minimum Gasteiger partial charge on any atom is -0.393 e. The zero-order valence-corrected chi connectivity index (χ0v) is 12.8. The van der Waals surface area contributed by atoms with Gasteiger partial charge in [0.15, 0.2) is 5.82 Å². The van der Waals surface area contributed by atoms with E-state index in [0.29, 0.717) is 28.2 Å². The monoisotopic (exact) mass is 314 g/mol. The zero-order chi connectivity index (χ0) is 14.7. The molecule has 1 aromatic heterocycles. The Morgan fingerprint density at radius 3 is 2.50 bits per heavy atom. The first-order chi connectivity index (χ1) is 9.52. The SMILES string of the molecule is CCC(c1nc(Cc2c(Cl)cccc2Cl)no1)C(C)O. The summed E-state index contributed by atoms with van der Waals surface area (Å²) >= 11 is 12.2. The van der Waals surface area contributed by atoms with Crippen molar-refractivity contribution < 1.29 is 9.63 Å². The van der Waals surface area contributed by atoms with Gasteiger partial charge in [-0.25, -0.2) is 0 Å². The van der Waals surface area contributed by atoms with E-state index in [1.54, 1.807) is 25.1 Å². The Labute approximate surface area is 127 Å². The van der Waals surface area contributed by atoms with E-state index in [1.165, 1.54) is 0 Å². The molecular weight excluding hydrogens is 299 g/mol. The van der Waals surface area contributed by atoms with Crippen molar-refractivity contribution in [3.63, 3.8) is 0 Å². The molecule has 6 heteroatoms. The number of nitrogens with zero attached hydrogens (tertiary/aromatic N) is 2. The molecule has 2 rings (SSSR count). The summed E-state index contributed by atoms with van der Waals surface area (Å²) in [4.78, 5) is 4.33. The number of halogens is 2. The first-order valence-corrected chi connectivity index (χ1v) is 7.22. The van der Waals surface area contributed by atoms with Gasteiger partial charge in [0.25, 0.3) is 0 Å². The molecule has 4 nitrogen and oxygen atoms in total. The third-order valence-corrected chi connectivity index (χ3v) is 3.93. The van der Waals surface area contributed by atoms with Gasteiger partial charge in [-0.1, -0.05) is 41.3 Å². The van der Waals surface area contributed by atoms with E-state index in [1.807, 2.05) is 6.92 Å². The number of hydrogen-bond acceptors (Lipinski definition) is 4. The summed E-state index contributed by atoms with van der Waals surface area (Å²) in [6.45, 7) is 3.68. The number of hydrogen-bond donors (Lipinski definition) is 1. The Kier molecular flexibility index (Phi) is 5.02. The quantitative estimate of drug-likeness (QED) is 0.910. The maximum atomic E-state index is 9.68. The third kappa shape index (κ3) is 3.32. The number of benzene rings is 1. The van der Waals surface area contributed by atoms with E-state index >= 15 is 0 Å². The molecule has 20 heavy (non-hydrogen) atoms. The largest absolute Gasteiger partial charge is 0.393 e. The van der Waals surface area contributed by atoms with Crippen LogP contribution >= 0.6 is 23.2 Å². The fraction of sp³-hybridized carbons (Fsp3) is 0.429. The van der Waals surface area contributed by atoms with Crippen molar-refractivity contribution in [2.75, 3.05) is 0 Å². The fourth-order valence-corrected chi connectivity index (χ4v) is 2.60. The number of aliphatic hydroxyl groups excluding tert-OH is 1. The van der Waals surface area contributed by atoms with Gasteiger partial charge < -0.3 is 9.63 Å². The number of aliphatic hydroxyl groups is 1. The molecule has 0 saturated heterocycles. The van der Waals surface area contributed by atoms with Crippen LogP contribution in [0.25, 0.3) is 0 Å². The molecule has 0 aliphatic rings. The van der Waals surface area contributed by atoms with Crippen molar-refractivity contribution in [1.29, 1.82) is 0 Å². The zero-order valence-electron chi connectivity index (χ0n) is 11.3. The van der Waals surface area contributed by atoms with E-state index in [2.05, 4.69) is 10.1 Å². The molecule has 108 valence electrons. The van der Waals surface area contributed by atoms with Crippen molar-refractivity contribution in [2.24, 2.45) is 0 Å². The molecule has 0 bridgehead atoms. The van der Waals surface area contributed by atoms with Gasteiger partial charge in [-0.15, -0.1) is 0 Å². The molecule has 1 aromatic carbocycles. The minimum atomic E-state index is -0.530. The molecule has 2 aromatic rings. The first kappa shape index (κ1) is 15.3. The van der Waals surface area contributed by atoms with Crippen LogP contribution in [0.4, 0.5) is 0 Å². The normalized spacial score (nSPS) is 14.2. The van der Waals surface area contributed by atoms with Gasteiger partial charge in [0.2, 0.25) is 5.89 Å². The predicted octanol–water partition coefficient (Wildman–Crippen LogP) is 3.84. The van der Waals surface area contributed by atoms with Gasteiger partial charge in [0.05, 0.1) is 12.0 Å². The average Bonchev–Trinajstić information content (AvgIpc) is 2.83. The van der Waals surface area contributed by atoms with Crippen LogP contribution in [0.15, 0.2) is 22.7 Å². The Balaban J connectivity index is 2.22. The molecule has 2 atom stereocenters. The molecule has 2 unspecified atom stereocenters. The maximum absolute atomic E-state index is 9.68. The second-order valence-corrected chi connectivity index (χ2v) is 5.50.